The molecule has 2 aromatic carbocycles. The number of nitrogen functional groups attached to an aromatic ring is 1. The minimum absolute atomic E-state index is 0.305. The van der Waals surface area contributed by atoms with Crippen LogP contribution < -0.4 is 5.73 Å². The molecule has 2 aliphatic heterocycles. The summed E-state index contributed by atoms with van der Waals surface area (Å²) in [6.45, 7) is 2.28. The number of hydrogen-bond donors (Lipinski definition) is 2. The largest absolute Gasteiger partial charge is 0.416 e. The van der Waals surface area contributed by atoms with Crippen LogP contribution in [0.25, 0.3) is 0 Å². The van der Waals surface area contributed by atoms with Gasteiger partial charge in [-0.15, -0.1) is 0 Å². The third kappa shape index (κ3) is 5.16. The topological polar surface area (TPSA) is 68.0 Å². The van der Waals surface area contributed by atoms with Crippen molar-refractivity contribution in [1.29, 1.82) is 0 Å². The minimum Gasteiger partial charge on any atom is -0.398 e. The fourth-order valence-electron chi connectivity index (χ4n) is 4.84. The minimum atomic E-state index is -4.44. The van der Waals surface area contributed by atoms with E-state index in [4.69, 9.17) is 15.5 Å². The molecule has 33 heavy (non-hydrogen) atoms. The van der Waals surface area contributed by atoms with Crippen LogP contribution >= 0.6 is 0 Å². The molecule has 2 aromatic rings. The van der Waals surface area contributed by atoms with Gasteiger partial charge in [0.15, 0.2) is 0 Å². The van der Waals surface area contributed by atoms with Crippen molar-refractivity contribution < 1.29 is 32.4 Å². The molecular weight excluding hydrogens is 440 g/mol. The molecule has 3 N–H and O–H groups in total. The molecule has 4 rings (SSSR count). The van der Waals surface area contributed by atoms with Gasteiger partial charge in [-0.3, -0.25) is 0 Å². The molecule has 0 spiro atoms. The lowest BCUT2D eigenvalue weighted by Crippen LogP contribution is -2.43. The average Bonchev–Trinajstić information content (AvgIpc) is 3.24. The molecule has 180 valence electrons. The number of anilines is 1. The summed E-state index contributed by atoms with van der Waals surface area (Å²) in [7, 11) is 0. The van der Waals surface area contributed by atoms with E-state index in [0.717, 1.165) is 25.1 Å². The van der Waals surface area contributed by atoms with Crippen molar-refractivity contribution in [3.8, 4) is 0 Å². The van der Waals surface area contributed by atoms with Crippen LogP contribution in [0.1, 0.15) is 48.8 Å². The zero-order chi connectivity index (χ0) is 23.7. The van der Waals surface area contributed by atoms with E-state index in [-0.39, 0.29) is 0 Å². The molecule has 2 saturated heterocycles. The predicted molar refractivity (Wildman–Crippen MR) is 114 cm³/mol. The predicted octanol–water partition coefficient (Wildman–Crippen LogP) is 4.74. The summed E-state index contributed by atoms with van der Waals surface area (Å²) in [6.07, 6.45) is -1.76. The van der Waals surface area contributed by atoms with E-state index in [1.54, 1.807) is 12.1 Å². The summed E-state index contributed by atoms with van der Waals surface area (Å²) in [6, 6.07) is 9.22. The van der Waals surface area contributed by atoms with Crippen molar-refractivity contribution in [2.75, 3.05) is 32.0 Å². The molecule has 0 radical (unpaired) electrons. The third-order valence-corrected chi connectivity index (χ3v) is 6.78. The van der Waals surface area contributed by atoms with Crippen molar-refractivity contribution in [1.82, 2.24) is 4.90 Å². The van der Waals surface area contributed by atoms with Gasteiger partial charge in [0.25, 0.3) is 0 Å². The van der Waals surface area contributed by atoms with Crippen molar-refractivity contribution in [3.05, 3.63) is 65.0 Å². The van der Waals surface area contributed by atoms with E-state index in [9.17, 15) is 22.7 Å². The standard InChI is InChI=1S/C24H28F4N2O3/c25-19-5-6-20(21(29)16-19)23(10-14-32-33-23)7-2-11-30-12-8-22(31,9-13-30)17-3-1-4-18(15-17)24(26,27)28/h1,3-6,15-16,31H,2,7-14,29H2. The molecule has 0 aromatic heterocycles. The SMILES string of the molecule is Nc1cc(F)ccc1C1(CCCN2CCC(O)(c3cccc(C(F)(F)F)c3)CC2)CCOO1. The van der Waals surface area contributed by atoms with E-state index >= 15 is 0 Å². The Labute approximate surface area is 190 Å². The number of rotatable bonds is 6. The van der Waals surface area contributed by atoms with E-state index < -0.39 is 28.8 Å². The Morgan fingerprint density at radius 3 is 2.45 bits per heavy atom. The van der Waals surface area contributed by atoms with Gasteiger partial charge in [-0.1, -0.05) is 18.2 Å². The van der Waals surface area contributed by atoms with Gasteiger partial charge in [0.2, 0.25) is 0 Å². The number of nitrogens with two attached hydrogens (primary N) is 1. The van der Waals surface area contributed by atoms with Crippen LogP contribution in [0.2, 0.25) is 0 Å². The molecule has 9 heteroatoms. The van der Waals surface area contributed by atoms with Crippen LogP contribution in [0.5, 0.6) is 0 Å². The van der Waals surface area contributed by atoms with Gasteiger partial charge in [0.1, 0.15) is 11.4 Å². The molecule has 1 unspecified atom stereocenters. The molecule has 0 aliphatic carbocycles. The zero-order valence-electron chi connectivity index (χ0n) is 18.2. The maximum atomic E-state index is 13.5. The van der Waals surface area contributed by atoms with Crippen LogP contribution in [0.3, 0.4) is 0 Å². The summed E-state index contributed by atoms with van der Waals surface area (Å²) in [5.41, 5.74) is 4.62. The quantitative estimate of drug-likeness (QED) is 0.364. The molecule has 1 atom stereocenters. The highest BCUT2D eigenvalue weighted by molar-refractivity contribution is 5.50. The van der Waals surface area contributed by atoms with Crippen LogP contribution in [0.15, 0.2) is 42.5 Å². The molecule has 2 heterocycles. The van der Waals surface area contributed by atoms with Gasteiger partial charge in [-0.05, 0) is 62.1 Å². The van der Waals surface area contributed by atoms with Crippen LogP contribution in [-0.4, -0.2) is 36.2 Å². The van der Waals surface area contributed by atoms with Crippen LogP contribution in [-0.2, 0) is 27.2 Å². The highest BCUT2D eigenvalue weighted by atomic mass is 19.4. The Morgan fingerprint density at radius 1 is 1.06 bits per heavy atom. The molecule has 2 aliphatic rings. The first-order chi connectivity index (χ1) is 15.6. The number of hydrogen-bond acceptors (Lipinski definition) is 5. The van der Waals surface area contributed by atoms with E-state index in [1.807, 2.05) is 0 Å². The van der Waals surface area contributed by atoms with Crippen LogP contribution in [0, 0.1) is 5.82 Å². The van der Waals surface area contributed by atoms with Gasteiger partial charge in [0, 0.05) is 30.8 Å². The molecular formula is C24H28F4N2O3. The number of alkyl halides is 3. The molecule has 0 amide bonds. The lowest BCUT2D eigenvalue weighted by molar-refractivity contribution is -0.315. The highest BCUT2D eigenvalue weighted by Gasteiger charge is 2.41. The third-order valence-electron chi connectivity index (χ3n) is 6.78. The number of benzene rings is 2. The normalized spacial score (nSPS) is 23.7. The second-order valence-electron chi connectivity index (χ2n) is 8.94. The number of likely N-dealkylation sites (tertiary alicyclic amines) is 1. The number of piperidine rings is 1. The molecule has 0 saturated carbocycles. The summed E-state index contributed by atoms with van der Waals surface area (Å²) in [5.74, 6) is -0.410. The van der Waals surface area contributed by atoms with Gasteiger partial charge in [0.05, 0.1) is 17.8 Å². The lowest BCUT2D eigenvalue weighted by Gasteiger charge is -2.39. The van der Waals surface area contributed by atoms with E-state index in [2.05, 4.69) is 4.90 Å². The summed E-state index contributed by atoms with van der Waals surface area (Å²) >= 11 is 0. The van der Waals surface area contributed by atoms with Gasteiger partial charge in [-0.25, -0.2) is 14.2 Å². The van der Waals surface area contributed by atoms with Gasteiger partial charge >= 0.3 is 6.18 Å². The van der Waals surface area contributed by atoms with Crippen LogP contribution in [0.4, 0.5) is 23.2 Å². The van der Waals surface area contributed by atoms with Crippen molar-refractivity contribution in [3.63, 3.8) is 0 Å². The Morgan fingerprint density at radius 2 is 1.82 bits per heavy atom. The Bertz CT molecular complexity index is 968. The summed E-state index contributed by atoms with van der Waals surface area (Å²) in [4.78, 5) is 13.0. The smallest absolute Gasteiger partial charge is 0.398 e. The monoisotopic (exact) mass is 468 g/mol. The Hall–Kier alpha value is -2.20. The molecule has 2 fully saturated rings. The summed E-state index contributed by atoms with van der Waals surface area (Å²) < 4.78 is 52.6. The maximum absolute atomic E-state index is 13.5. The highest BCUT2D eigenvalue weighted by Crippen LogP contribution is 2.42. The number of nitrogens with zero attached hydrogens (tertiary/aromatic N) is 1. The average molecular weight is 468 g/mol. The first kappa shape index (κ1) is 23.9. The zero-order valence-corrected chi connectivity index (χ0v) is 18.2. The van der Waals surface area contributed by atoms with Crippen molar-refractivity contribution >= 4 is 5.69 Å². The Balaban J connectivity index is 1.35. The van der Waals surface area contributed by atoms with Gasteiger partial charge in [-0.2, -0.15) is 13.2 Å². The van der Waals surface area contributed by atoms with Crippen molar-refractivity contribution in [2.45, 2.75) is 49.5 Å². The first-order valence-corrected chi connectivity index (χ1v) is 11.1. The van der Waals surface area contributed by atoms with Gasteiger partial charge < -0.3 is 15.7 Å². The lowest BCUT2D eigenvalue weighted by atomic mass is 9.83. The maximum Gasteiger partial charge on any atom is 0.416 e. The molecule has 0 bridgehead atoms. The summed E-state index contributed by atoms with van der Waals surface area (Å²) in [5, 5.41) is 11.0. The van der Waals surface area contributed by atoms with Crippen molar-refractivity contribution in [2.24, 2.45) is 0 Å². The number of halogens is 4. The second-order valence-corrected chi connectivity index (χ2v) is 8.94. The number of aliphatic hydroxyl groups is 1. The molecule has 5 nitrogen and oxygen atoms in total. The fourth-order valence-corrected chi connectivity index (χ4v) is 4.84. The Kier molecular flexibility index (Phi) is 6.68. The van der Waals surface area contributed by atoms with E-state index in [1.165, 1.54) is 18.2 Å². The second kappa shape index (κ2) is 9.21. The first-order valence-electron chi connectivity index (χ1n) is 11.1. The fraction of sp³-hybridized carbons (Fsp3) is 0.500. The van der Waals surface area contributed by atoms with E-state index in [0.29, 0.717) is 62.2 Å².